The zero-order valence-electron chi connectivity index (χ0n) is 8.60. The molecule has 0 aliphatic heterocycles. The Morgan fingerprint density at radius 3 is 2.87 bits per heavy atom. The van der Waals surface area contributed by atoms with E-state index in [1.165, 1.54) is 0 Å². The summed E-state index contributed by atoms with van der Waals surface area (Å²) in [6.07, 6.45) is -0.604. The Kier molecular flexibility index (Phi) is 2.18. The highest BCUT2D eigenvalue weighted by atomic mass is 16.3. The van der Waals surface area contributed by atoms with Gasteiger partial charge in [-0.05, 0) is 25.1 Å². The van der Waals surface area contributed by atoms with Gasteiger partial charge in [0.05, 0.1) is 22.7 Å². The highest BCUT2D eigenvalue weighted by Crippen LogP contribution is 2.20. The lowest BCUT2D eigenvalue weighted by atomic mass is 10.2. The molecule has 4 heteroatoms. The predicted octanol–water partition coefficient (Wildman–Crippen LogP) is 1.50. The van der Waals surface area contributed by atoms with Crippen molar-refractivity contribution in [1.29, 1.82) is 5.26 Å². The van der Waals surface area contributed by atoms with Gasteiger partial charge in [0.1, 0.15) is 11.9 Å². The van der Waals surface area contributed by atoms with Gasteiger partial charge in [0.2, 0.25) is 0 Å². The quantitative estimate of drug-likeness (QED) is 0.760. The van der Waals surface area contributed by atoms with Gasteiger partial charge in [-0.1, -0.05) is 0 Å². The van der Waals surface area contributed by atoms with E-state index in [2.05, 4.69) is 11.1 Å². The van der Waals surface area contributed by atoms with Crippen LogP contribution >= 0.6 is 0 Å². The van der Waals surface area contributed by atoms with Crippen LogP contribution in [0, 0.1) is 11.3 Å². The molecule has 0 fully saturated rings. The van der Waals surface area contributed by atoms with Crippen LogP contribution in [-0.4, -0.2) is 14.7 Å². The van der Waals surface area contributed by atoms with Crippen LogP contribution in [0.1, 0.15) is 24.4 Å². The van der Waals surface area contributed by atoms with Crippen molar-refractivity contribution in [3.05, 3.63) is 29.6 Å². The molecule has 1 aromatic heterocycles. The van der Waals surface area contributed by atoms with Crippen LogP contribution in [0.3, 0.4) is 0 Å². The number of nitrogens with zero attached hydrogens (tertiary/aromatic N) is 3. The van der Waals surface area contributed by atoms with Gasteiger partial charge in [-0.15, -0.1) is 0 Å². The van der Waals surface area contributed by atoms with Gasteiger partial charge < -0.3 is 9.67 Å². The minimum absolute atomic E-state index is 0.581. The molecular formula is C11H11N3O. The Balaban J connectivity index is 2.72. The fourth-order valence-corrected chi connectivity index (χ4v) is 1.66. The molecule has 1 heterocycles. The first-order valence-electron chi connectivity index (χ1n) is 4.68. The van der Waals surface area contributed by atoms with Crippen molar-refractivity contribution in [1.82, 2.24) is 9.55 Å². The van der Waals surface area contributed by atoms with Gasteiger partial charge in [-0.25, -0.2) is 4.98 Å². The van der Waals surface area contributed by atoms with Crippen molar-refractivity contribution in [2.45, 2.75) is 13.0 Å². The minimum Gasteiger partial charge on any atom is -0.385 e. The molecule has 0 spiro atoms. The molecule has 2 aromatic rings. The first-order valence-corrected chi connectivity index (χ1v) is 4.68. The van der Waals surface area contributed by atoms with Crippen LogP contribution in [0.4, 0.5) is 0 Å². The number of fused-ring (bicyclic) bond motifs is 1. The molecule has 0 saturated carbocycles. The normalized spacial score (nSPS) is 12.7. The SMILES string of the molecule is C[C@H](O)c1nc2cc(C#N)ccc2n1C. The van der Waals surface area contributed by atoms with Gasteiger partial charge in [-0.3, -0.25) is 0 Å². The summed E-state index contributed by atoms with van der Waals surface area (Å²) in [5.41, 5.74) is 2.25. The third-order valence-corrected chi connectivity index (χ3v) is 2.42. The average molecular weight is 201 g/mol. The van der Waals surface area contributed by atoms with Crippen molar-refractivity contribution in [3.8, 4) is 6.07 Å². The highest BCUT2D eigenvalue weighted by molar-refractivity contribution is 5.77. The molecule has 0 amide bonds. The van der Waals surface area contributed by atoms with E-state index in [-0.39, 0.29) is 0 Å². The average Bonchev–Trinajstić information content (AvgIpc) is 2.55. The maximum atomic E-state index is 9.48. The van der Waals surface area contributed by atoms with E-state index in [1.807, 2.05) is 17.7 Å². The van der Waals surface area contributed by atoms with Crippen LogP contribution in [0.15, 0.2) is 18.2 Å². The summed E-state index contributed by atoms with van der Waals surface area (Å²) in [5, 5.41) is 18.2. The molecule has 76 valence electrons. The highest BCUT2D eigenvalue weighted by Gasteiger charge is 2.11. The second-order valence-electron chi connectivity index (χ2n) is 3.52. The number of hydrogen-bond donors (Lipinski definition) is 1. The fourth-order valence-electron chi connectivity index (χ4n) is 1.66. The number of aliphatic hydroxyl groups is 1. The molecule has 0 radical (unpaired) electrons. The maximum absolute atomic E-state index is 9.48. The molecule has 1 N–H and O–H groups in total. The van der Waals surface area contributed by atoms with Crippen LogP contribution < -0.4 is 0 Å². The second-order valence-corrected chi connectivity index (χ2v) is 3.52. The fraction of sp³-hybridized carbons (Fsp3) is 0.273. The topological polar surface area (TPSA) is 61.8 Å². The monoisotopic (exact) mass is 201 g/mol. The molecule has 15 heavy (non-hydrogen) atoms. The first kappa shape index (κ1) is 9.69. The third kappa shape index (κ3) is 1.47. The van der Waals surface area contributed by atoms with Crippen LogP contribution in [-0.2, 0) is 7.05 Å². The van der Waals surface area contributed by atoms with Crippen LogP contribution in [0.5, 0.6) is 0 Å². The summed E-state index contributed by atoms with van der Waals surface area (Å²) >= 11 is 0. The van der Waals surface area contributed by atoms with Gasteiger partial charge in [0.25, 0.3) is 0 Å². The van der Waals surface area contributed by atoms with E-state index in [0.717, 1.165) is 11.0 Å². The maximum Gasteiger partial charge on any atom is 0.138 e. The Morgan fingerprint density at radius 1 is 1.53 bits per heavy atom. The number of aromatic nitrogens is 2. The van der Waals surface area contributed by atoms with Crippen molar-refractivity contribution >= 4 is 11.0 Å². The number of rotatable bonds is 1. The summed E-state index contributed by atoms with van der Waals surface area (Å²) in [6, 6.07) is 7.37. The van der Waals surface area contributed by atoms with Gasteiger partial charge in [-0.2, -0.15) is 5.26 Å². The Morgan fingerprint density at radius 2 is 2.27 bits per heavy atom. The summed E-state index contributed by atoms with van der Waals surface area (Å²) < 4.78 is 1.83. The number of hydrogen-bond acceptors (Lipinski definition) is 3. The number of benzene rings is 1. The molecular weight excluding hydrogens is 190 g/mol. The summed E-state index contributed by atoms with van der Waals surface area (Å²) in [7, 11) is 1.85. The minimum atomic E-state index is -0.604. The van der Waals surface area contributed by atoms with Gasteiger partial charge >= 0.3 is 0 Å². The summed E-state index contributed by atoms with van der Waals surface area (Å²) in [5.74, 6) is 0.611. The molecule has 0 bridgehead atoms. The molecule has 1 atom stereocenters. The van der Waals surface area contributed by atoms with Crippen LogP contribution in [0.25, 0.3) is 11.0 Å². The lowest BCUT2D eigenvalue weighted by molar-refractivity contribution is 0.186. The van der Waals surface area contributed by atoms with Crippen molar-refractivity contribution in [2.75, 3.05) is 0 Å². The molecule has 0 aliphatic carbocycles. The molecule has 2 rings (SSSR count). The Hall–Kier alpha value is -1.86. The molecule has 0 aliphatic rings. The Labute approximate surface area is 87.4 Å². The lowest BCUT2D eigenvalue weighted by Gasteiger charge is -2.03. The number of nitriles is 1. The zero-order chi connectivity index (χ0) is 11.0. The van der Waals surface area contributed by atoms with Crippen molar-refractivity contribution in [2.24, 2.45) is 7.05 Å². The van der Waals surface area contributed by atoms with E-state index < -0.39 is 6.10 Å². The first-order chi connectivity index (χ1) is 7.13. The van der Waals surface area contributed by atoms with E-state index in [4.69, 9.17) is 5.26 Å². The Bertz CT molecular complexity index is 549. The largest absolute Gasteiger partial charge is 0.385 e. The lowest BCUT2D eigenvalue weighted by Crippen LogP contribution is -2.01. The molecule has 1 aromatic carbocycles. The van der Waals surface area contributed by atoms with Crippen molar-refractivity contribution in [3.63, 3.8) is 0 Å². The third-order valence-electron chi connectivity index (χ3n) is 2.42. The van der Waals surface area contributed by atoms with E-state index in [0.29, 0.717) is 11.4 Å². The number of imidazole rings is 1. The summed E-state index contributed by atoms with van der Waals surface area (Å²) in [6.45, 7) is 1.67. The van der Waals surface area contributed by atoms with Crippen molar-refractivity contribution < 1.29 is 5.11 Å². The summed E-state index contributed by atoms with van der Waals surface area (Å²) in [4.78, 5) is 4.28. The van der Waals surface area contributed by atoms with E-state index in [9.17, 15) is 5.11 Å². The predicted molar refractivity (Wildman–Crippen MR) is 56.1 cm³/mol. The second kappa shape index (κ2) is 3.37. The number of aryl methyl sites for hydroxylation is 1. The van der Waals surface area contributed by atoms with Crippen LogP contribution in [0.2, 0.25) is 0 Å². The molecule has 0 unspecified atom stereocenters. The van der Waals surface area contributed by atoms with E-state index in [1.54, 1.807) is 19.1 Å². The zero-order valence-corrected chi connectivity index (χ0v) is 8.60. The smallest absolute Gasteiger partial charge is 0.138 e. The van der Waals surface area contributed by atoms with Gasteiger partial charge in [0.15, 0.2) is 0 Å². The number of aliphatic hydroxyl groups excluding tert-OH is 1. The standard InChI is InChI=1S/C11H11N3O/c1-7(15)11-13-9-5-8(6-12)3-4-10(9)14(11)2/h3-5,7,15H,1-2H3/t7-/m0/s1. The molecule has 4 nitrogen and oxygen atoms in total. The molecule has 0 saturated heterocycles. The van der Waals surface area contributed by atoms with Gasteiger partial charge in [0, 0.05) is 7.05 Å². The van der Waals surface area contributed by atoms with E-state index >= 15 is 0 Å².